The van der Waals surface area contributed by atoms with Gasteiger partial charge in [-0.3, -0.25) is 14.2 Å². The Morgan fingerprint density at radius 1 is 1.14 bits per heavy atom. The molecular weight excluding hydrogens is 369 g/mol. The number of rotatable bonds is 7. The Morgan fingerprint density at radius 2 is 1.83 bits per heavy atom. The van der Waals surface area contributed by atoms with Crippen LogP contribution in [0, 0.1) is 5.82 Å². The Labute approximate surface area is 169 Å². The number of carbonyl (C=O) groups excluding carboxylic acids is 1. The van der Waals surface area contributed by atoms with Crippen LogP contribution < -0.4 is 5.56 Å². The maximum Gasteiger partial charge on any atom is 0.266 e. The molecule has 0 saturated carbocycles. The van der Waals surface area contributed by atoms with Crippen molar-refractivity contribution in [3.8, 4) is 5.69 Å². The fraction of sp³-hybridized carbons (Fsp3) is 0.348. The highest BCUT2D eigenvalue weighted by atomic mass is 19.1. The summed E-state index contributed by atoms with van der Waals surface area (Å²) in [4.78, 5) is 32.2. The van der Waals surface area contributed by atoms with Gasteiger partial charge in [-0.1, -0.05) is 31.9 Å². The average molecular weight is 395 g/mol. The Balaban J connectivity index is 2.10. The van der Waals surface area contributed by atoms with Crippen molar-refractivity contribution >= 4 is 16.8 Å². The minimum Gasteiger partial charge on any atom is -0.336 e. The lowest BCUT2D eigenvalue weighted by Crippen LogP contribution is -2.34. The van der Waals surface area contributed by atoms with Gasteiger partial charge in [0.15, 0.2) is 0 Å². The van der Waals surface area contributed by atoms with Crippen LogP contribution in [0.1, 0.15) is 51.4 Å². The SMILES string of the molecule is CCCCCC(=O)N(C)C(C)c1nc2ccccc2c(=O)n1-c1ccc(F)cc1. The Bertz CT molecular complexity index is 1060. The molecule has 1 heterocycles. The summed E-state index contributed by atoms with van der Waals surface area (Å²) >= 11 is 0. The second-order valence-electron chi connectivity index (χ2n) is 7.24. The number of unbranched alkanes of at least 4 members (excludes halogenated alkanes) is 2. The predicted octanol–water partition coefficient (Wildman–Crippen LogP) is 4.62. The van der Waals surface area contributed by atoms with Gasteiger partial charge in [0.05, 0.1) is 22.6 Å². The highest BCUT2D eigenvalue weighted by molar-refractivity contribution is 5.78. The first kappa shape index (κ1) is 20.7. The van der Waals surface area contributed by atoms with E-state index in [4.69, 9.17) is 4.98 Å². The van der Waals surface area contributed by atoms with Gasteiger partial charge in [0.1, 0.15) is 11.6 Å². The van der Waals surface area contributed by atoms with Gasteiger partial charge in [-0.05, 0) is 49.7 Å². The van der Waals surface area contributed by atoms with Crippen LogP contribution in [0.25, 0.3) is 16.6 Å². The molecule has 0 spiro atoms. The lowest BCUT2D eigenvalue weighted by atomic mass is 10.1. The van der Waals surface area contributed by atoms with Crippen molar-refractivity contribution in [1.29, 1.82) is 0 Å². The van der Waals surface area contributed by atoms with Crippen molar-refractivity contribution in [1.82, 2.24) is 14.5 Å². The van der Waals surface area contributed by atoms with Crippen molar-refractivity contribution in [2.45, 2.75) is 45.6 Å². The van der Waals surface area contributed by atoms with Crippen LogP contribution in [-0.2, 0) is 4.79 Å². The van der Waals surface area contributed by atoms with Gasteiger partial charge in [0.25, 0.3) is 5.56 Å². The second kappa shape index (κ2) is 8.99. The maximum atomic E-state index is 13.4. The number of hydrogen-bond donors (Lipinski definition) is 0. The molecule has 3 rings (SSSR count). The molecule has 0 aliphatic heterocycles. The third kappa shape index (κ3) is 4.36. The molecule has 0 N–H and O–H groups in total. The molecule has 29 heavy (non-hydrogen) atoms. The zero-order valence-corrected chi connectivity index (χ0v) is 17.1. The number of halogens is 1. The third-order valence-corrected chi connectivity index (χ3v) is 5.23. The van der Waals surface area contributed by atoms with E-state index in [2.05, 4.69) is 6.92 Å². The second-order valence-corrected chi connectivity index (χ2v) is 7.24. The fourth-order valence-electron chi connectivity index (χ4n) is 3.36. The van der Waals surface area contributed by atoms with Gasteiger partial charge in [-0.15, -0.1) is 0 Å². The molecule has 2 aromatic carbocycles. The normalized spacial score (nSPS) is 12.1. The lowest BCUT2D eigenvalue weighted by molar-refractivity contribution is -0.132. The molecular formula is C23H26FN3O2. The number of para-hydroxylation sites is 1. The van der Waals surface area contributed by atoms with E-state index in [0.717, 1.165) is 19.3 Å². The molecule has 5 nitrogen and oxygen atoms in total. The van der Waals surface area contributed by atoms with Crippen LogP contribution in [0.15, 0.2) is 53.3 Å². The minimum absolute atomic E-state index is 0.0130. The number of nitrogens with zero attached hydrogens (tertiary/aromatic N) is 3. The van der Waals surface area contributed by atoms with Crippen molar-refractivity contribution in [2.24, 2.45) is 0 Å². The molecule has 152 valence electrons. The Morgan fingerprint density at radius 3 is 2.52 bits per heavy atom. The van der Waals surface area contributed by atoms with Crippen molar-refractivity contribution < 1.29 is 9.18 Å². The summed E-state index contributed by atoms with van der Waals surface area (Å²) in [5.41, 5.74) is 0.851. The van der Waals surface area contributed by atoms with Gasteiger partial charge in [0, 0.05) is 13.5 Å². The molecule has 1 amide bonds. The number of hydrogen-bond acceptors (Lipinski definition) is 3. The summed E-state index contributed by atoms with van der Waals surface area (Å²) in [6.07, 6.45) is 3.34. The molecule has 6 heteroatoms. The monoisotopic (exact) mass is 395 g/mol. The Kier molecular flexibility index (Phi) is 6.42. The van der Waals surface area contributed by atoms with Crippen LogP contribution in [0.3, 0.4) is 0 Å². The molecule has 0 bridgehead atoms. The van der Waals surface area contributed by atoms with E-state index in [9.17, 15) is 14.0 Å². The number of amides is 1. The van der Waals surface area contributed by atoms with Crippen LogP contribution in [-0.4, -0.2) is 27.4 Å². The molecule has 3 aromatic rings. The average Bonchev–Trinajstić information content (AvgIpc) is 2.73. The van der Waals surface area contributed by atoms with Gasteiger partial charge < -0.3 is 4.90 Å². The van der Waals surface area contributed by atoms with Crippen LogP contribution in [0.2, 0.25) is 0 Å². The van der Waals surface area contributed by atoms with E-state index in [1.54, 1.807) is 42.3 Å². The lowest BCUT2D eigenvalue weighted by Gasteiger charge is -2.27. The predicted molar refractivity (Wildman–Crippen MR) is 113 cm³/mol. The van der Waals surface area contributed by atoms with Gasteiger partial charge >= 0.3 is 0 Å². The zero-order valence-electron chi connectivity index (χ0n) is 17.1. The smallest absolute Gasteiger partial charge is 0.266 e. The number of aromatic nitrogens is 2. The molecule has 0 aliphatic carbocycles. The van der Waals surface area contributed by atoms with Gasteiger partial charge in [-0.2, -0.15) is 0 Å². The highest BCUT2D eigenvalue weighted by Crippen LogP contribution is 2.23. The molecule has 1 atom stereocenters. The standard InChI is InChI=1S/C23H26FN3O2/c1-4-5-6-11-21(28)26(3)16(2)22-25-20-10-8-7-9-19(20)23(29)27(22)18-14-12-17(24)13-15-18/h7-10,12-16H,4-6,11H2,1-3H3. The maximum absolute atomic E-state index is 13.4. The summed E-state index contributed by atoms with van der Waals surface area (Å²) < 4.78 is 14.9. The van der Waals surface area contributed by atoms with Crippen molar-refractivity contribution in [2.75, 3.05) is 7.05 Å². The molecule has 0 fully saturated rings. The van der Waals surface area contributed by atoms with E-state index in [1.165, 1.54) is 16.7 Å². The van der Waals surface area contributed by atoms with E-state index in [1.807, 2.05) is 13.0 Å². The Hall–Kier alpha value is -3.02. The van der Waals surface area contributed by atoms with Crippen molar-refractivity contribution in [3.05, 3.63) is 70.5 Å². The minimum atomic E-state index is -0.425. The van der Waals surface area contributed by atoms with E-state index < -0.39 is 6.04 Å². The molecule has 0 saturated heterocycles. The van der Waals surface area contributed by atoms with Gasteiger partial charge in [0.2, 0.25) is 5.91 Å². The third-order valence-electron chi connectivity index (χ3n) is 5.23. The van der Waals surface area contributed by atoms with Crippen LogP contribution >= 0.6 is 0 Å². The molecule has 0 radical (unpaired) electrons. The first-order valence-electron chi connectivity index (χ1n) is 9.97. The van der Waals surface area contributed by atoms with E-state index >= 15 is 0 Å². The van der Waals surface area contributed by atoms with Crippen LogP contribution in [0.5, 0.6) is 0 Å². The summed E-state index contributed by atoms with van der Waals surface area (Å²) in [6.45, 7) is 3.95. The quantitative estimate of drug-likeness (QED) is 0.548. The van der Waals surface area contributed by atoms with Gasteiger partial charge in [-0.25, -0.2) is 9.37 Å². The summed E-state index contributed by atoms with van der Waals surface area (Å²) in [6, 6.07) is 12.4. The largest absolute Gasteiger partial charge is 0.336 e. The van der Waals surface area contributed by atoms with E-state index in [-0.39, 0.29) is 17.3 Å². The first-order chi connectivity index (χ1) is 13.9. The summed E-state index contributed by atoms with van der Waals surface area (Å²) in [5, 5.41) is 0.477. The van der Waals surface area contributed by atoms with Crippen LogP contribution in [0.4, 0.5) is 4.39 Å². The molecule has 1 aromatic heterocycles. The first-order valence-corrected chi connectivity index (χ1v) is 9.97. The highest BCUT2D eigenvalue weighted by Gasteiger charge is 2.23. The number of carbonyl (C=O) groups is 1. The summed E-state index contributed by atoms with van der Waals surface area (Å²) in [7, 11) is 1.73. The molecule has 1 unspecified atom stereocenters. The van der Waals surface area contributed by atoms with E-state index in [0.29, 0.717) is 28.8 Å². The summed E-state index contributed by atoms with van der Waals surface area (Å²) in [5.74, 6) is 0.0824. The topological polar surface area (TPSA) is 55.2 Å². The zero-order chi connectivity index (χ0) is 21.0. The number of fused-ring (bicyclic) bond motifs is 1. The number of benzene rings is 2. The van der Waals surface area contributed by atoms with Crippen molar-refractivity contribution in [3.63, 3.8) is 0 Å². The molecule has 0 aliphatic rings. The fourth-order valence-corrected chi connectivity index (χ4v) is 3.36.